The Morgan fingerprint density at radius 3 is 2.70 bits per heavy atom. The van der Waals surface area contributed by atoms with Crippen LogP contribution >= 0.6 is 11.8 Å². The van der Waals surface area contributed by atoms with Gasteiger partial charge in [0.15, 0.2) is 0 Å². The van der Waals surface area contributed by atoms with Crippen LogP contribution in [-0.2, 0) is 9.53 Å². The third-order valence-corrected chi connectivity index (χ3v) is 1.85. The summed E-state index contributed by atoms with van der Waals surface area (Å²) in [6.45, 7) is 4.45. The molecule has 0 saturated heterocycles. The number of ether oxygens (including phenoxy) is 1. The molecule has 0 spiro atoms. The van der Waals surface area contributed by atoms with E-state index in [1.807, 2.05) is 0 Å². The molecule has 0 aromatic heterocycles. The molecule has 0 atom stereocenters. The van der Waals surface area contributed by atoms with Crippen LogP contribution in [0.15, 0.2) is 0 Å². The number of rotatable bonds is 5. The van der Waals surface area contributed by atoms with Gasteiger partial charge in [-0.25, -0.2) is 0 Å². The maximum atomic E-state index is 10.5. The summed E-state index contributed by atoms with van der Waals surface area (Å²) in [4.78, 5) is 10.5. The molecule has 0 rings (SSSR count). The van der Waals surface area contributed by atoms with Gasteiger partial charge < -0.3 is 4.74 Å². The zero-order valence-corrected chi connectivity index (χ0v) is 7.37. The predicted octanol–water partition coefficient (Wildman–Crippen LogP) is 1.69. The van der Waals surface area contributed by atoms with Crippen molar-refractivity contribution in [3.05, 3.63) is 0 Å². The molecule has 0 N–H and O–H groups in total. The average molecular weight is 162 g/mol. The lowest BCUT2D eigenvalue weighted by molar-refractivity contribution is -0.142. The smallest absolute Gasteiger partial charge is 0.305 e. The first-order valence-corrected chi connectivity index (χ1v) is 4.70. The molecule has 0 aliphatic carbocycles. The van der Waals surface area contributed by atoms with Gasteiger partial charge in [0.25, 0.3) is 0 Å². The third kappa shape index (κ3) is 5.95. The normalized spacial score (nSPS) is 9.40. The molecular weight excluding hydrogens is 148 g/mol. The number of thioether (sulfide) groups is 1. The van der Waals surface area contributed by atoms with Crippen molar-refractivity contribution in [3.63, 3.8) is 0 Å². The maximum absolute atomic E-state index is 10.5. The molecule has 0 heterocycles. The highest BCUT2D eigenvalue weighted by atomic mass is 32.2. The predicted molar refractivity (Wildman–Crippen MR) is 44.2 cm³/mol. The lowest BCUT2D eigenvalue weighted by Gasteiger charge is -2.00. The summed E-state index contributed by atoms with van der Waals surface area (Å²) in [7, 11) is 0. The minimum atomic E-state index is -0.100. The van der Waals surface area contributed by atoms with E-state index in [2.05, 4.69) is 6.92 Å². The second kappa shape index (κ2) is 6.93. The molecule has 60 valence electrons. The van der Waals surface area contributed by atoms with E-state index in [1.54, 1.807) is 18.7 Å². The molecule has 0 aromatic carbocycles. The number of carbonyl (C=O) groups excluding carboxylic acids is 1. The van der Waals surface area contributed by atoms with Gasteiger partial charge in [0.1, 0.15) is 6.61 Å². The van der Waals surface area contributed by atoms with Crippen molar-refractivity contribution in [1.29, 1.82) is 0 Å². The summed E-state index contributed by atoms with van der Waals surface area (Å²) in [6.07, 6.45) is 0.483. The number of hydrogen-bond donors (Lipinski definition) is 0. The zero-order valence-electron chi connectivity index (χ0n) is 6.55. The second-order valence-corrected chi connectivity index (χ2v) is 3.16. The average Bonchev–Trinajstić information content (AvgIpc) is 1.98. The van der Waals surface area contributed by atoms with Crippen LogP contribution in [-0.4, -0.2) is 24.1 Å². The van der Waals surface area contributed by atoms with Crippen molar-refractivity contribution in [1.82, 2.24) is 0 Å². The molecule has 2 nitrogen and oxygen atoms in total. The van der Waals surface area contributed by atoms with Gasteiger partial charge in [-0.3, -0.25) is 4.79 Å². The molecule has 0 bridgehead atoms. The highest BCUT2D eigenvalue weighted by Crippen LogP contribution is 1.97. The van der Waals surface area contributed by atoms with Gasteiger partial charge in [0.05, 0.1) is 0 Å². The number of carbonyl (C=O) groups is 1. The fraction of sp³-hybridized carbons (Fsp3) is 0.857. The Hall–Kier alpha value is -0.180. The monoisotopic (exact) mass is 162 g/mol. The Kier molecular flexibility index (Phi) is 6.81. The van der Waals surface area contributed by atoms with Crippen molar-refractivity contribution in [2.75, 3.05) is 18.1 Å². The van der Waals surface area contributed by atoms with E-state index in [9.17, 15) is 4.79 Å². The minimum Gasteiger partial charge on any atom is -0.465 e. The van der Waals surface area contributed by atoms with Crippen LogP contribution in [0.2, 0.25) is 0 Å². The van der Waals surface area contributed by atoms with Gasteiger partial charge in [0, 0.05) is 12.2 Å². The first-order valence-electron chi connectivity index (χ1n) is 3.54. The molecule has 0 aromatic rings. The first-order chi connectivity index (χ1) is 4.81. The molecule has 0 aliphatic rings. The standard InChI is InChI=1S/C7H14O2S/c1-3-7(8)9-5-6-10-4-2/h3-6H2,1-2H3. The van der Waals surface area contributed by atoms with E-state index in [0.29, 0.717) is 13.0 Å². The van der Waals surface area contributed by atoms with Crippen molar-refractivity contribution in [2.24, 2.45) is 0 Å². The molecule has 0 fully saturated rings. The largest absolute Gasteiger partial charge is 0.465 e. The topological polar surface area (TPSA) is 26.3 Å². The lowest BCUT2D eigenvalue weighted by Crippen LogP contribution is -2.05. The molecule has 10 heavy (non-hydrogen) atoms. The fourth-order valence-electron chi connectivity index (χ4n) is 0.461. The van der Waals surface area contributed by atoms with E-state index >= 15 is 0 Å². The Morgan fingerprint density at radius 1 is 1.50 bits per heavy atom. The number of esters is 1. The summed E-state index contributed by atoms with van der Waals surface area (Å²) in [5.41, 5.74) is 0. The first kappa shape index (κ1) is 9.82. The highest BCUT2D eigenvalue weighted by Gasteiger charge is 1.95. The molecule has 0 saturated carbocycles. The molecule has 3 heteroatoms. The van der Waals surface area contributed by atoms with E-state index in [4.69, 9.17) is 4.74 Å². The Labute approximate surface area is 66.3 Å². The second-order valence-electron chi connectivity index (χ2n) is 1.77. The van der Waals surface area contributed by atoms with Crippen LogP contribution in [0, 0.1) is 0 Å². The maximum Gasteiger partial charge on any atom is 0.305 e. The molecular formula is C7H14O2S. The highest BCUT2D eigenvalue weighted by molar-refractivity contribution is 7.99. The van der Waals surface area contributed by atoms with Crippen molar-refractivity contribution < 1.29 is 9.53 Å². The Morgan fingerprint density at radius 2 is 2.20 bits per heavy atom. The van der Waals surface area contributed by atoms with E-state index in [0.717, 1.165) is 11.5 Å². The lowest BCUT2D eigenvalue weighted by atomic mass is 10.5. The summed E-state index contributed by atoms with van der Waals surface area (Å²) >= 11 is 1.78. The Balaban J connectivity index is 2.96. The molecule has 0 aliphatic heterocycles. The third-order valence-electron chi connectivity index (χ3n) is 0.984. The van der Waals surface area contributed by atoms with Gasteiger partial charge in [-0.1, -0.05) is 13.8 Å². The van der Waals surface area contributed by atoms with Gasteiger partial charge >= 0.3 is 5.97 Å². The van der Waals surface area contributed by atoms with E-state index < -0.39 is 0 Å². The number of hydrogen-bond acceptors (Lipinski definition) is 3. The Bertz CT molecular complexity index is 93.6. The van der Waals surface area contributed by atoms with Crippen molar-refractivity contribution in [2.45, 2.75) is 20.3 Å². The quantitative estimate of drug-likeness (QED) is 0.454. The summed E-state index contributed by atoms with van der Waals surface area (Å²) in [5.74, 6) is 1.91. The fourth-order valence-corrected chi connectivity index (χ4v) is 0.951. The van der Waals surface area contributed by atoms with Gasteiger partial charge in [0.2, 0.25) is 0 Å². The summed E-state index contributed by atoms with van der Waals surface area (Å²) in [5, 5.41) is 0. The van der Waals surface area contributed by atoms with Crippen molar-refractivity contribution in [3.8, 4) is 0 Å². The van der Waals surface area contributed by atoms with Gasteiger partial charge in [-0.2, -0.15) is 11.8 Å². The van der Waals surface area contributed by atoms with Crippen LogP contribution in [0.25, 0.3) is 0 Å². The van der Waals surface area contributed by atoms with Crippen LogP contribution in [0.3, 0.4) is 0 Å². The SMILES string of the molecule is CCSCCOC(=O)CC. The van der Waals surface area contributed by atoms with E-state index in [-0.39, 0.29) is 5.97 Å². The summed E-state index contributed by atoms with van der Waals surface area (Å²) < 4.78 is 4.83. The van der Waals surface area contributed by atoms with Crippen LogP contribution in [0.5, 0.6) is 0 Å². The molecule has 0 radical (unpaired) electrons. The van der Waals surface area contributed by atoms with E-state index in [1.165, 1.54) is 0 Å². The van der Waals surface area contributed by atoms with Gasteiger partial charge in [-0.15, -0.1) is 0 Å². The van der Waals surface area contributed by atoms with Crippen LogP contribution in [0.4, 0.5) is 0 Å². The molecule has 0 amide bonds. The minimum absolute atomic E-state index is 0.100. The van der Waals surface area contributed by atoms with Crippen molar-refractivity contribution >= 4 is 17.7 Å². The van der Waals surface area contributed by atoms with Crippen LogP contribution < -0.4 is 0 Å². The summed E-state index contributed by atoms with van der Waals surface area (Å²) in [6, 6.07) is 0. The van der Waals surface area contributed by atoms with Crippen LogP contribution in [0.1, 0.15) is 20.3 Å². The molecule has 0 unspecified atom stereocenters. The van der Waals surface area contributed by atoms with Gasteiger partial charge in [-0.05, 0) is 5.75 Å². The zero-order chi connectivity index (χ0) is 7.82.